The van der Waals surface area contributed by atoms with Gasteiger partial charge in [0.2, 0.25) is 11.8 Å². The summed E-state index contributed by atoms with van der Waals surface area (Å²) in [6.45, 7) is 3.15. The van der Waals surface area contributed by atoms with E-state index in [-0.39, 0.29) is 23.4 Å². The van der Waals surface area contributed by atoms with Gasteiger partial charge in [0.15, 0.2) is 0 Å². The molecule has 0 bridgehead atoms. The van der Waals surface area contributed by atoms with E-state index < -0.39 is 28.5 Å². The first-order valence-corrected chi connectivity index (χ1v) is 16.0. The fraction of sp³-hybridized carbons (Fsp3) is 0.355. The van der Waals surface area contributed by atoms with Gasteiger partial charge in [0.05, 0.1) is 10.6 Å². The van der Waals surface area contributed by atoms with Crippen LogP contribution < -0.4 is 9.62 Å². The Morgan fingerprint density at radius 1 is 0.927 bits per heavy atom. The normalized spacial score (nSPS) is 14.4. The standard InChI is InChI=1S/C31H35Cl2N3O4S/c1-3-29(31(38)34-23-10-7-8-11-23)35(20-26-27(32)14-9-15-28(26)33)30(37)21-36(24-18-16-22(2)17-19-24)41(39,40)25-12-5-4-6-13-25/h4-6,9,12-19,23,29H,3,7-8,10-11,20-21H2,1-2H3,(H,34,38)/t29-/m1/s1. The van der Waals surface area contributed by atoms with Gasteiger partial charge in [0, 0.05) is 28.2 Å². The van der Waals surface area contributed by atoms with E-state index in [2.05, 4.69) is 5.32 Å². The minimum absolute atomic E-state index is 0.0545. The van der Waals surface area contributed by atoms with Crippen molar-refractivity contribution in [3.8, 4) is 0 Å². The Morgan fingerprint density at radius 2 is 1.54 bits per heavy atom. The third-order valence-electron chi connectivity index (χ3n) is 7.41. The first-order valence-electron chi connectivity index (χ1n) is 13.8. The van der Waals surface area contributed by atoms with Crippen LogP contribution in [0.4, 0.5) is 5.69 Å². The second-order valence-corrected chi connectivity index (χ2v) is 13.0. The summed E-state index contributed by atoms with van der Waals surface area (Å²) in [7, 11) is -4.12. The van der Waals surface area contributed by atoms with E-state index in [1.807, 2.05) is 13.8 Å². The first-order chi connectivity index (χ1) is 19.6. The average Bonchev–Trinajstić information content (AvgIpc) is 3.47. The summed E-state index contributed by atoms with van der Waals surface area (Å²) < 4.78 is 28.8. The molecule has 1 fully saturated rings. The lowest BCUT2D eigenvalue weighted by Gasteiger charge is -2.34. The van der Waals surface area contributed by atoms with Crippen LogP contribution in [0.3, 0.4) is 0 Å². The van der Waals surface area contributed by atoms with Gasteiger partial charge >= 0.3 is 0 Å². The topological polar surface area (TPSA) is 86.8 Å². The first kappa shape index (κ1) is 30.9. The molecule has 0 aliphatic heterocycles. The van der Waals surface area contributed by atoms with Gasteiger partial charge in [-0.25, -0.2) is 8.42 Å². The summed E-state index contributed by atoms with van der Waals surface area (Å²) in [5, 5.41) is 3.81. The summed E-state index contributed by atoms with van der Waals surface area (Å²) >= 11 is 13.0. The monoisotopic (exact) mass is 615 g/mol. The van der Waals surface area contributed by atoms with Crippen molar-refractivity contribution in [2.75, 3.05) is 10.8 Å². The fourth-order valence-electron chi connectivity index (χ4n) is 5.10. The number of hydrogen-bond donors (Lipinski definition) is 1. The van der Waals surface area contributed by atoms with Crippen LogP contribution in [0.25, 0.3) is 0 Å². The Kier molecular flexibility index (Phi) is 10.3. The molecule has 218 valence electrons. The van der Waals surface area contributed by atoms with Gasteiger partial charge in [-0.05, 0) is 62.6 Å². The second-order valence-electron chi connectivity index (χ2n) is 10.3. The quantitative estimate of drug-likeness (QED) is 0.272. The molecule has 3 aromatic rings. The lowest BCUT2D eigenvalue weighted by molar-refractivity contribution is -0.140. The molecule has 0 aromatic heterocycles. The van der Waals surface area contributed by atoms with Gasteiger partial charge in [0.25, 0.3) is 10.0 Å². The third kappa shape index (κ3) is 7.42. The Labute approximate surface area is 252 Å². The molecule has 0 unspecified atom stereocenters. The van der Waals surface area contributed by atoms with Crippen molar-refractivity contribution in [3.63, 3.8) is 0 Å². The molecule has 0 radical (unpaired) electrons. The zero-order valence-corrected chi connectivity index (χ0v) is 25.6. The van der Waals surface area contributed by atoms with Crippen molar-refractivity contribution in [3.05, 3.63) is 94.0 Å². The number of sulfonamides is 1. The maximum Gasteiger partial charge on any atom is 0.264 e. The molecule has 0 heterocycles. The average molecular weight is 617 g/mol. The summed E-state index contributed by atoms with van der Waals surface area (Å²) in [5.41, 5.74) is 1.78. The number of rotatable bonds is 11. The number of carbonyl (C=O) groups is 2. The number of benzene rings is 3. The highest BCUT2D eigenvalue weighted by atomic mass is 35.5. The van der Waals surface area contributed by atoms with Gasteiger partial charge in [-0.2, -0.15) is 0 Å². The van der Waals surface area contributed by atoms with Gasteiger partial charge in [0.1, 0.15) is 12.6 Å². The molecule has 1 saturated carbocycles. The van der Waals surface area contributed by atoms with E-state index in [0.29, 0.717) is 27.7 Å². The predicted molar refractivity (Wildman–Crippen MR) is 164 cm³/mol. The number of anilines is 1. The van der Waals surface area contributed by atoms with E-state index in [0.717, 1.165) is 35.6 Å². The largest absolute Gasteiger partial charge is 0.352 e. The van der Waals surface area contributed by atoms with Crippen molar-refractivity contribution in [1.29, 1.82) is 0 Å². The van der Waals surface area contributed by atoms with Crippen LogP contribution in [0.5, 0.6) is 0 Å². The SMILES string of the molecule is CC[C@H](C(=O)NC1CCCC1)N(Cc1c(Cl)cccc1Cl)C(=O)CN(c1ccc(C)cc1)S(=O)(=O)c1ccccc1. The molecule has 1 aliphatic rings. The number of amides is 2. The number of nitrogens with one attached hydrogen (secondary N) is 1. The van der Waals surface area contributed by atoms with Crippen molar-refractivity contribution in [1.82, 2.24) is 10.2 Å². The lowest BCUT2D eigenvalue weighted by Crippen LogP contribution is -2.53. The maximum atomic E-state index is 14.2. The molecule has 0 saturated heterocycles. The van der Waals surface area contributed by atoms with Gasteiger partial charge < -0.3 is 10.2 Å². The molecule has 2 amide bonds. The summed E-state index contributed by atoms with van der Waals surface area (Å²) in [6.07, 6.45) is 4.19. The molecule has 7 nitrogen and oxygen atoms in total. The van der Waals surface area contributed by atoms with Crippen LogP contribution in [0.1, 0.15) is 50.2 Å². The van der Waals surface area contributed by atoms with E-state index in [1.54, 1.807) is 60.7 Å². The number of hydrogen-bond acceptors (Lipinski definition) is 4. The van der Waals surface area contributed by atoms with Crippen molar-refractivity contribution in [2.45, 2.75) is 69.5 Å². The molecule has 1 N–H and O–H groups in total. The lowest BCUT2D eigenvalue weighted by atomic mass is 10.1. The van der Waals surface area contributed by atoms with Crippen molar-refractivity contribution in [2.24, 2.45) is 0 Å². The van der Waals surface area contributed by atoms with Gasteiger partial charge in [-0.1, -0.05) is 84.9 Å². The van der Waals surface area contributed by atoms with Crippen LogP contribution in [0.15, 0.2) is 77.7 Å². The molecule has 10 heteroatoms. The van der Waals surface area contributed by atoms with Crippen molar-refractivity contribution < 1.29 is 18.0 Å². The van der Waals surface area contributed by atoms with Crippen LogP contribution in [-0.4, -0.2) is 43.8 Å². The van der Waals surface area contributed by atoms with E-state index in [9.17, 15) is 18.0 Å². The summed E-state index contributed by atoms with van der Waals surface area (Å²) in [4.78, 5) is 29.2. The number of nitrogens with zero attached hydrogens (tertiary/aromatic N) is 2. The maximum absolute atomic E-state index is 14.2. The minimum atomic E-state index is -4.12. The highest BCUT2D eigenvalue weighted by molar-refractivity contribution is 7.92. The van der Waals surface area contributed by atoms with E-state index >= 15 is 0 Å². The smallest absolute Gasteiger partial charge is 0.264 e. The third-order valence-corrected chi connectivity index (χ3v) is 9.91. The van der Waals surface area contributed by atoms with Gasteiger partial charge in [-0.15, -0.1) is 0 Å². The van der Waals surface area contributed by atoms with Crippen molar-refractivity contribution >= 4 is 50.7 Å². The highest BCUT2D eigenvalue weighted by Crippen LogP contribution is 2.29. The Morgan fingerprint density at radius 3 is 2.12 bits per heavy atom. The predicted octanol–water partition coefficient (Wildman–Crippen LogP) is 6.36. The Hall–Kier alpha value is -3.07. The zero-order valence-electron chi connectivity index (χ0n) is 23.2. The summed E-state index contributed by atoms with van der Waals surface area (Å²) in [5.74, 6) is -0.821. The Balaban J connectivity index is 1.73. The van der Waals surface area contributed by atoms with Crippen LogP contribution in [0, 0.1) is 6.92 Å². The Bertz CT molecular complexity index is 1440. The van der Waals surface area contributed by atoms with E-state index in [1.165, 1.54) is 17.0 Å². The van der Waals surface area contributed by atoms with Crippen LogP contribution >= 0.6 is 23.2 Å². The molecule has 3 aromatic carbocycles. The minimum Gasteiger partial charge on any atom is -0.352 e. The molecule has 41 heavy (non-hydrogen) atoms. The fourth-order valence-corrected chi connectivity index (χ4v) is 7.05. The number of halogens is 2. The molecule has 1 atom stereocenters. The molecule has 4 rings (SSSR count). The van der Waals surface area contributed by atoms with Crippen LogP contribution in [0.2, 0.25) is 10.0 Å². The number of aryl methyl sites for hydroxylation is 1. The summed E-state index contributed by atoms with van der Waals surface area (Å²) in [6, 6.07) is 19.1. The molecule has 1 aliphatic carbocycles. The number of carbonyl (C=O) groups excluding carboxylic acids is 2. The second kappa shape index (κ2) is 13.7. The van der Waals surface area contributed by atoms with Crippen LogP contribution in [-0.2, 0) is 26.2 Å². The highest BCUT2D eigenvalue weighted by Gasteiger charge is 2.35. The van der Waals surface area contributed by atoms with E-state index in [4.69, 9.17) is 23.2 Å². The van der Waals surface area contributed by atoms with Gasteiger partial charge in [-0.3, -0.25) is 13.9 Å². The molecule has 0 spiro atoms. The zero-order chi connectivity index (χ0) is 29.6. The molecular formula is C31H35Cl2N3O4S. The molecular weight excluding hydrogens is 581 g/mol.